The number of methoxy groups -OCH3 is 4. The summed E-state index contributed by atoms with van der Waals surface area (Å²) in [5, 5.41) is 3.24. The van der Waals surface area contributed by atoms with Gasteiger partial charge in [-0.15, -0.1) is 0 Å². The van der Waals surface area contributed by atoms with E-state index in [1.807, 2.05) is 0 Å². The second-order valence-electron chi connectivity index (χ2n) is 7.27. The number of amides is 1. The Bertz CT molecular complexity index is 1350. The molecule has 0 spiro atoms. The molecule has 0 bridgehead atoms. The molecule has 9 nitrogen and oxygen atoms in total. The zero-order valence-electron chi connectivity index (χ0n) is 19.9. The van der Waals surface area contributed by atoms with Gasteiger partial charge in [-0.05, 0) is 42.5 Å². The number of hydrogen-bond acceptors (Lipinski definition) is 7. The van der Waals surface area contributed by atoms with E-state index in [1.54, 1.807) is 12.1 Å². The Morgan fingerprint density at radius 3 is 2.00 bits per heavy atom. The number of hydrogen-bond donors (Lipinski definition) is 1. The Morgan fingerprint density at radius 2 is 1.42 bits per heavy atom. The monoisotopic (exact) mass is 554 g/mol. The molecule has 36 heavy (non-hydrogen) atoms. The number of nitrogens with one attached hydrogen (secondary N) is 1. The van der Waals surface area contributed by atoms with Gasteiger partial charge in [0, 0.05) is 27.9 Å². The first-order chi connectivity index (χ1) is 17.1. The molecule has 0 saturated carbocycles. The van der Waals surface area contributed by atoms with Gasteiger partial charge in [-0.2, -0.15) is 0 Å². The van der Waals surface area contributed by atoms with Gasteiger partial charge in [0.2, 0.25) is 5.91 Å². The smallest absolute Gasteiger partial charge is 0.265 e. The zero-order chi connectivity index (χ0) is 26.5. The number of anilines is 2. The van der Waals surface area contributed by atoms with Gasteiger partial charge < -0.3 is 24.3 Å². The number of ether oxygens (including phenoxy) is 4. The maximum absolute atomic E-state index is 13.9. The van der Waals surface area contributed by atoms with Crippen LogP contribution >= 0.6 is 23.2 Å². The highest BCUT2D eigenvalue weighted by Crippen LogP contribution is 2.37. The summed E-state index contributed by atoms with van der Waals surface area (Å²) in [6, 6.07) is 13.2. The number of sulfonamides is 1. The van der Waals surface area contributed by atoms with E-state index in [2.05, 4.69) is 5.32 Å². The number of nitrogens with zero attached hydrogens (tertiary/aromatic N) is 1. The molecule has 0 aliphatic heterocycles. The van der Waals surface area contributed by atoms with Gasteiger partial charge in [0.05, 0.1) is 39.0 Å². The summed E-state index contributed by atoms with van der Waals surface area (Å²) in [4.78, 5) is 12.9. The van der Waals surface area contributed by atoms with E-state index in [0.717, 1.165) is 4.31 Å². The standard InChI is InChI=1S/C24H24Cl2N2O7S/c1-32-18-5-7-21(33-2)20(12-18)28(14-24(29)27-17-10-15(25)9-16(26)11-17)36(30,31)19-6-8-22(34-3)23(13-19)35-4/h5-13H,14H2,1-4H3,(H,27,29). The van der Waals surface area contributed by atoms with Gasteiger partial charge in [0.25, 0.3) is 10.0 Å². The molecule has 192 valence electrons. The van der Waals surface area contributed by atoms with Crippen LogP contribution in [-0.4, -0.2) is 49.3 Å². The van der Waals surface area contributed by atoms with Crippen LogP contribution in [0.3, 0.4) is 0 Å². The van der Waals surface area contributed by atoms with Gasteiger partial charge in [0.1, 0.15) is 18.0 Å². The van der Waals surface area contributed by atoms with Crippen LogP contribution in [0.15, 0.2) is 59.5 Å². The highest BCUT2D eigenvalue weighted by atomic mass is 35.5. The van der Waals surface area contributed by atoms with Gasteiger partial charge in [-0.1, -0.05) is 23.2 Å². The van der Waals surface area contributed by atoms with E-state index in [9.17, 15) is 13.2 Å². The van der Waals surface area contributed by atoms with Crippen LogP contribution in [0.4, 0.5) is 11.4 Å². The lowest BCUT2D eigenvalue weighted by Gasteiger charge is -2.26. The molecule has 0 saturated heterocycles. The lowest BCUT2D eigenvalue weighted by molar-refractivity contribution is -0.114. The molecule has 0 fully saturated rings. The molecule has 0 unspecified atom stereocenters. The van der Waals surface area contributed by atoms with Crippen molar-refractivity contribution in [3.8, 4) is 23.0 Å². The Labute approximate surface area is 219 Å². The first-order valence-corrected chi connectivity index (χ1v) is 12.5. The quantitative estimate of drug-likeness (QED) is 0.381. The predicted octanol–water partition coefficient (Wildman–Crippen LogP) is 4.86. The molecule has 1 N–H and O–H groups in total. The van der Waals surface area contributed by atoms with Crippen LogP contribution < -0.4 is 28.6 Å². The normalized spacial score (nSPS) is 10.9. The molecular weight excluding hydrogens is 531 g/mol. The van der Waals surface area contributed by atoms with Crippen molar-refractivity contribution in [3.05, 3.63) is 64.6 Å². The van der Waals surface area contributed by atoms with Crippen molar-refractivity contribution in [1.29, 1.82) is 0 Å². The number of halogens is 2. The number of carbonyl (C=O) groups is 1. The largest absolute Gasteiger partial charge is 0.497 e. The van der Waals surface area contributed by atoms with Crippen molar-refractivity contribution in [2.75, 3.05) is 44.6 Å². The summed E-state index contributed by atoms with van der Waals surface area (Å²) >= 11 is 12.0. The first kappa shape index (κ1) is 27.3. The molecule has 3 aromatic rings. The van der Waals surface area contributed by atoms with E-state index < -0.39 is 22.5 Å². The van der Waals surface area contributed by atoms with Crippen molar-refractivity contribution >= 4 is 50.5 Å². The van der Waals surface area contributed by atoms with E-state index in [1.165, 1.54) is 70.9 Å². The molecule has 0 aliphatic carbocycles. The third kappa shape index (κ3) is 6.07. The van der Waals surface area contributed by atoms with Gasteiger partial charge in [0.15, 0.2) is 11.5 Å². The van der Waals surface area contributed by atoms with Crippen molar-refractivity contribution in [1.82, 2.24) is 0 Å². The third-order valence-electron chi connectivity index (χ3n) is 5.03. The summed E-state index contributed by atoms with van der Waals surface area (Å²) in [7, 11) is 1.33. The summed E-state index contributed by atoms with van der Waals surface area (Å²) < 4.78 is 49.8. The highest BCUT2D eigenvalue weighted by Gasteiger charge is 2.31. The molecule has 3 rings (SSSR count). The SMILES string of the molecule is COc1ccc(OC)c(N(CC(=O)Nc2cc(Cl)cc(Cl)c2)S(=O)(=O)c2ccc(OC)c(OC)c2)c1. The summed E-state index contributed by atoms with van der Waals surface area (Å²) in [6.45, 7) is -0.607. The second kappa shape index (κ2) is 11.6. The summed E-state index contributed by atoms with van der Waals surface area (Å²) in [5.74, 6) is 0.466. The minimum absolute atomic E-state index is 0.0888. The predicted molar refractivity (Wildman–Crippen MR) is 139 cm³/mol. The van der Waals surface area contributed by atoms with E-state index in [4.69, 9.17) is 42.1 Å². The summed E-state index contributed by atoms with van der Waals surface area (Å²) in [6.07, 6.45) is 0. The Balaban J connectivity index is 2.10. The van der Waals surface area contributed by atoms with Crippen molar-refractivity contribution in [2.45, 2.75) is 4.90 Å². The van der Waals surface area contributed by atoms with Gasteiger partial charge >= 0.3 is 0 Å². The van der Waals surface area contributed by atoms with E-state index in [-0.39, 0.29) is 22.1 Å². The Hall–Kier alpha value is -3.34. The lowest BCUT2D eigenvalue weighted by atomic mass is 10.2. The maximum atomic E-state index is 13.9. The molecule has 0 aliphatic rings. The van der Waals surface area contributed by atoms with Crippen LogP contribution in [0.2, 0.25) is 10.0 Å². The highest BCUT2D eigenvalue weighted by molar-refractivity contribution is 7.92. The Kier molecular flexibility index (Phi) is 8.78. The molecule has 3 aromatic carbocycles. The molecular formula is C24H24Cl2N2O7S. The van der Waals surface area contributed by atoms with Crippen LogP contribution in [0.25, 0.3) is 0 Å². The van der Waals surface area contributed by atoms with Crippen LogP contribution in [0.1, 0.15) is 0 Å². The fourth-order valence-corrected chi connectivity index (χ4v) is 5.32. The van der Waals surface area contributed by atoms with E-state index >= 15 is 0 Å². The number of rotatable bonds is 10. The lowest BCUT2D eigenvalue weighted by Crippen LogP contribution is -2.38. The van der Waals surface area contributed by atoms with Crippen molar-refractivity contribution < 1.29 is 32.2 Å². The molecule has 0 heterocycles. The second-order valence-corrected chi connectivity index (χ2v) is 10.0. The fraction of sp³-hybridized carbons (Fsp3) is 0.208. The minimum atomic E-state index is -4.32. The molecule has 0 aromatic heterocycles. The van der Waals surface area contributed by atoms with Crippen molar-refractivity contribution in [2.24, 2.45) is 0 Å². The topological polar surface area (TPSA) is 103 Å². The third-order valence-corrected chi connectivity index (χ3v) is 7.22. The number of carbonyl (C=O) groups excluding carboxylic acids is 1. The number of benzene rings is 3. The molecule has 0 atom stereocenters. The average molecular weight is 555 g/mol. The molecule has 0 radical (unpaired) electrons. The average Bonchev–Trinajstić information content (AvgIpc) is 2.85. The zero-order valence-corrected chi connectivity index (χ0v) is 22.2. The molecule has 12 heteroatoms. The summed E-state index contributed by atoms with van der Waals surface area (Å²) in [5.41, 5.74) is 0.393. The van der Waals surface area contributed by atoms with Crippen LogP contribution in [0, 0.1) is 0 Å². The molecule has 1 amide bonds. The fourth-order valence-electron chi connectivity index (χ4n) is 3.35. The van der Waals surface area contributed by atoms with Gasteiger partial charge in [-0.3, -0.25) is 9.10 Å². The van der Waals surface area contributed by atoms with Crippen LogP contribution in [0.5, 0.6) is 23.0 Å². The minimum Gasteiger partial charge on any atom is -0.497 e. The van der Waals surface area contributed by atoms with Crippen molar-refractivity contribution in [3.63, 3.8) is 0 Å². The van der Waals surface area contributed by atoms with E-state index in [0.29, 0.717) is 27.2 Å². The first-order valence-electron chi connectivity index (χ1n) is 10.4. The van der Waals surface area contributed by atoms with Crippen LogP contribution in [-0.2, 0) is 14.8 Å². The maximum Gasteiger partial charge on any atom is 0.265 e. The Morgan fingerprint density at radius 1 is 0.806 bits per heavy atom. The van der Waals surface area contributed by atoms with Gasteiger partial charge in [-0.25, -0.2) is 8.42 Å².